The van der Waals surface area contributed by atoms with Crippen molar-refractivity contribution in [2.24, 2.45) is 0 Å². The Morgan fingerprint density at radius 1 is 1.05 bits per heavy atom. The Morgan fingerprint density at radius 2 is 1.84 bits per heavy atom. The van der Waals surface area contributed by atoms with E-state index in [1.807, 2.05) is 6.07 Å². The molecule has 196 valence electrons. The van der Waals surface area contributed by atoms with Crippen LogP contribution in [0.4, 0.5) is 13.8 Å². The topological polar surface area (TPSA) is 108 Å². The molecule has 2 N–H and O–H groups in total. The summed E-state index contributed by atoms with van der Waals surface area (Å²) in [7, 11) is 4.30. The number of carbonyl (C=O) groups excluding carboxylic acids is 2. The summed E-state index contributed by atoms with van der Waals surface area (Å²) < 4.78 is 53.9. The fraction of sp³-hybridized carbons (Fsp3) is 0.320. The molecule has 1 amide bonds. The van der Waals surface area contributed by atoms with Gasteiger partial charge >= 0.3 is 5.97 Å². The average Bonchev–Trinajstić information content (AvgIpc) is 3.62. The summed E-state index contributed by atoms with van der Waals surface area (Å²) in [6.07, 6.45) is 1.65. The molecule has 4 rings (SSSR count). The van der Waals surface area contributed by atoms with Gasteiger partial charge in [-0.3, -0.25) is 4.79 Å². The summed E-state index contributed by atoms with van der Waals surface area (Å²) in [5.41, 5.74) is 0.465. The second kappa shape index (κ2) is 11.4. The van der Waals surface area contributed by atoms with Gasteiger partial charge < -0.3 is 29.6 Å². The molecule has 1 fully saturated rings. The molecule has 0 saturated heterocycles. The number of nitrogens with zero attached hydrogens (tertiary/aromatic N) is 1. The Balaban J connectivity index is 1.51. The number of hydrogen-bond acceptors (Lipinski definition) is 9. The number of rotatable bonds is 11. The van der Waals surface area contributed by atoms with E-state index in [-0.39, 0.29) is 35.2 Å². The van der Waals surface area contributed by atoms with E-state index in [2.05, 4.69) is 15.0 Å². The van der Waals surface area contributed by atoms with Crippen molar-refractivity contribution in [3.63, 3.8) is 0 Å². The summed E-state index contributed by atoms with van der Waals surface area (Å²) in [4.78, 5) is 24.8. The van der Waals surface area contributed by atoms with Crippen molar-refractivity contribution >= 4 is 28.4 Å². The summed E-state index contributed by atoms with van der Waals surface area (Å²) >= 11 is 0.954. The molecule has 1 heterocycles. The molecule has 1 saturated carbocycles. The first-order chi connectivity index (χ1) is 17.8. The molecule has 12 heteroatoms. The van der Waals surface area contributed by atoms with Crippen LogP contribution in [0.1, 0.15) is 44.7 Å². The Morgan fingerprint density at radius 3 is 2.51 bits per heavy atom. The van der Waals surface area contributed by atoms with Gasteiger partial charge in [-0.15, -0.1) is 0 Å². The minimum Gasteiger partial charge on any atom is -0.497 e. The van der Waals surface area contributed by atoms with Crippen molar-refractivity contribution in [1.82, 2.24) is 9.69 Å². The van der Waals surface area contributed by atoms with E-state index in [1.165, 1.54) is 14.2 Å². The van der Waals surface area contributed by atoms with Crippen molar-refractivity contribution < 1.29 is 37.3 Å². The number of hydrogen-bond donors (Lipinski definition) is 2. The van der Waals surface area contributed by atoms with E-state index in [0.29, 0.717) is 22.6 Å². The molecular weight excluding hydrogens is 508 g/mol. The average molecular weight is 534 g/mol. The zero-order valence-electron chi connectivity index (χ0n) is 20.4. The Kier molecular flexibility index (Phi) is 8.07. The van der Waals surface area contributed by atoms with Crippen LogP contribution in [0.5, 0.6) is 17.4 Å². The number of ether oxygens (including phenoxy) is 4. The molecular formula is C25H25F2N3O6S. The van der Waals surface area contributed by atoms with Gasteiger partial charge in [0.25, 0.3) is 5.91 Å². The molecule has 3 aromatic rings. The molecule has 0 radical (unpaired) electrons. The first-order valence-electron chi connectivity index (χ1n) is 11.3. The molecule has 1 aliphatic carbocycles. The lowest BCUT2D eigenvalue weighted by molar-refractivity contribution is 0.0596. The van der Waals surface area contributed by atoms with E-state index in [1.54, 1.807) is 19.2 Å². The van der Waals surface area contributed by atoms with Crippen LogP contribution in [0, 0.1) is 11.6 Å². The van der Waals surface area contributed by atoms with Gasteiger partial charge in [-0.05, 0) is 42.6 Å². The van der Waals surface area contributed by atoms with Crippen molar-refractivity contribution in [2.75, 3.05) is 26.6 Å². The number of carbonyl (C=O) groups is 2. The molecule has 0 atom stereocenters. The zero-order valence-corrected chi connectivity index (χ0v) is 21.2. The van der Waals surface area contributed by atoms with E-state index in [0.717, 1.165) is 36.0 Å². The minimum atomic E-state index is -0.969. The van der Waals surface area contributed by atoms with Gasteiger partial charge in [0.1, 0.15) is 34.7 Å². The molecule has 1 aliphatic rings. The number of methoxy groups -OCH3 is 3. The number of anilines is 1. The summed E-state index contributed by atoms with van der Waals surface area (Å²) in [6.45, 7) is -0.111. The molecule has 0 spiro atoms. The number of amides is 1. The second-order valence-electron chi connectivity index (χ2n) is 8.17. The second-order valence-corrected chi connectivity index (χ2v) is 8.95. The standard InChI is InChI=1S/C25H25F2N3O6S/c1-33-16-7-4-13(20(9-16)34-2)11-28-24-21(25(32)35-3)23(30-37-24)36-12-14-8-17(19(27)10-18(14)26)22(31)29-15-5-6-15/h4,7-10,15,28H,5-6,11-12H2,1-3H3,(H,29,31). The summed E-state index contributed by atoms with van der Waals surface area (Å²) in [5.74, 6) is -2.06. The lowest BCUT2D eigenvalue weighted by atomic mass is 10.1. The molecule has 37 heavy (non-hydrogen) atoms. The van der Waals surface area contributed by atoms with Gasteiger partial charge in [0.15, 0.2) is 5.56 Å². The van der Waals surface area contributed by atoms with Crippen molar-refractivity contribution in [2.45, 2.75) is 32.0 Å². The highest BCUT2D eigenvalue weighted by atomic mass is 32.1. The molecule has 9 nitrogen and oxygen atoms in total. The highest BCUT2D eigenvalue weighted by molar-refractivity contribution is 7.10. The highest BCUT2D eigenvalue weighted by Crippen LogP contribution is 2.34. The number of esters is 1. The minimum absolute atomic E-state index is 0.0121. The Labute approximate surface area is 215 Å². The largest absolute Gasteiger partial charge is 0.497 e. The Bertz CT molecular complexity index is 1310. The van der Waals surface area contributed by atoms with E-state index >= 15 is 0 Å². The SMILES string of the molecule is COC(=O)c1c(OCc2cc(C(=O)NC3CC3)c(F)cc2F)nsc1NCc1ccc(OC)cc1OC. The van der Waals surface area contributed by atoms with Crippen LogP contribution in [0.25, 0.3) is 0 Å². The highest BCUT2D eigenvalue weighted by Gasteiger charge is 2.27. The smallest absolute Gasteiger partial charge is 0.346 e. The van der Waals surface area contributed by atoms with E-state index in [4.69, 9.17) is 18.9 Å². The third kappa shape index (κ3) is 6.08. The van der Waals surface area contributed by atoms with Gasteiger partial charge in [0, 0.05) is 35.8 Å². The quantitative estimate of drug-likeness (QED) is 0.351. The van der Waals surface area contributed by atoms with E-state index in [9.17, 15) is 18.4 Å². The molecule has 0 bridgehead atoms. The lowest BCUT2D eigenvalue weighted by Gasteiger charge is -2.12. The number of aromatic nitrogens is 1. The van der Waals surface area contributed by atoms with Gasteiger partial charge in [-0.25, -0.2) is 13.6 Å². The monoisotopic (exact) mass is 533 g/mol. The maximum atomic E-state index is 14.4. The predicted octanol–water partition coefficient (Wildman–Crippen LogP) is 4.31. The summed E-state index contributed by atoms with van der Waals surface area (Å²) in [5, 5.41) is 6.16. The van der Waals surface area contributed by atoms with Crippen molar-refractivity contribution in [1.29, 1.82) is 0 Å². The fourth-order valence-corrected chi connectivity index (χ4v) is 4.18. The normalized spacial score (nSPS) is 12.6. The van der Waals surface area contributed by atoms with Crippen LogP contribution in [-0.2, 0) is 17.9 Å². The van der Waals surface area contributed by atoms with Crippen LogP contribution >= 0.6 is 11.5 Å². The zero-order chi connectivity index (χ0) is 26.5. The van der Waals surface area contributed by atoms with Gasteiger partial charge in [0.05, 0.1) is 26.9 Å². The van der Waals surface area contributed by atoms with Crippen LogP contribution in [0.15, 0.2) is 30.3 Å². The van der Waals surface area contributed by atoms with Crippen molar-refractivity contribution in [3.05, 3.63) is 64.2 Å². The summed E-state index contributed by atoms with van der Waals surface area (Å²) in [6, 6.07) is 7.07. The predicted molar refractivity (Wildman–Crippen MR) is 132 cm³/mol. The maximum absolute atomic E-state index is 14.4. The van der Waals surface area contributed by atoms with E-state index < -0.39 is 30.1 Å². The Hall–Kier alpha value is -3.93. The van der Waals surface area contributed by atoms with Crippen LogP contribution in [0.2, 0.25) is 0 Å². The molecule has 0 unspecified atom stereocenters. The van der Waals surface area contributed by atoms with Gasteiger partial charge in [0.2, 0.25) is 5.88 Å². The molecule has 0 aliphatic heterocycles. The van der Waals surface area contributed by atoms with Crippen molar-refractivity contribution in [3.8, 4) is 17.4 Å². The first-order valence-corrected chi connectivity index (χ1v) is 12.1. The third-order valence-electron chi connectivity index (χ3n) is 5.64. The third-order valence-corrected chi connectivity index (χ3v) is 6.43. The number of halogens is 2. The number of nitrogens with one attached hydrogen (secondary N) is 2. The molecule has 1 aromatic heterocycles. The van der Waals surface area contributed by atoms with Crippen LogP contribution in [0.3, 0.4) is 0 Å². The van der Waals surface area contributed by atoms with Gasteiger partial charge in [-0.1, -0.05) is 0 Å². The van der Waals surface area contributed by atoms with Crippen LogP contribution < -0.4 is 24.8 Å². The van der Waals surface area contributed by atoms with Crippen LogP contribution in [-0.4, -0.2) is 43.6 Å². The first kappa shape index (κ1) is 26.1. The fourth-order valence-electron chi connectivity index (χ4n) is 3.47. The molecule has 2 aromatic carbocycles. The van der Waals surface area contributed by atoms with Gasteiger partial charge in [-0.2, -0.15) is 4.37 Å². The number of benzene rings is 2. The maximum Gasteiger partial charge on any atom is 0.346 e. The lowest BCUT2D eigenvalue weighted by Crippen LogP contribution is -2.26.